The van der Waals surface area contributed by atoms with E-state index in [1.165, 1.54) is 12.1 Å². The number of halogens is 3. The highest BCUT2D eigenvalue weighted by atomic mass is 35.5. The maximum Gasteiger partial charge on any atom is 0.203 e. The molecule has 0 spiro atoms. The molecular weight excluding hydrogens is 240 g/mol. The van der Waals surface area contributed by atoms with E-state index in [4.69, 9.17) is 0 Å². The molecule has 2 rings (SSSR count). The number of aryl methyl sites for hydroxylation is 1. The third kappa shape index (κ3) is 2.33. The monoisotopic (exact) mass is 251 g/mol. The van der Waals surface area contributed by atoms with Crippen LogP contribution >= 0.6 is 24.8 Å². The fourth-order valence-electron chi connectivity index (χ4n) is 1.40. The predicted octanol–water partition coefficient (Wildman–Crippen LogP) is 2.60. The lowest BCUT2D eigenvalue weighted by Gasteiger charge is -1.98. The Morgan fingerprint density at radius 1 is 1.33 bits per heavy atom. The van der Waals surface area contributed by atoms with Crippen LogP contribution in [0.4, 0.5) is 10.3 Å². The van der Waals surface area contributed by atoms with Crippen molar-refractivity contribution >= 4 is 41.8 Å². The van der Waals surface area contributed by atoms with Gasteiger partial charge in [0.15, 0.2) is 0 Å². The third-order valence-electron chi connectivity index (χ3n) is 2.07. The Labute approximate surface area is 99.5 Å². The number of hydrogen-bond acceptors (Lipinski definition) is 2. The number of aromatic nitrogens is 2. The standard InChI is InChI=1S/C9H10FN3.2ClH/c1-11-9-12-7-5-6(10)3-4-8(7)13(9)2;;/h3-5H,1-2H3,(H,11,12);2*1H. The van der Waals surface area contributed by atoms with Crippen LogP contribution in [-0.2, 0) is 7.05 Å². The van der Waals surface area contributed by atoms with E-state index in [9.17, 15) is 4.39 Å². The normalized spacial score (nSPS) is 9.27. The van der Waals surface area contributed by atoms with E-state index in [-0.39, 0.29) is 30.6 Å². The summed E-state index contributed by atoms with van der Waals surface area (Å²) >= 11 is 0. The Kier molecular flexibility index (Phi) is 4.84. The maximum atomic E-state index is 12.8. The summed E-state index contributed by atoms with van der Waals surface area (Å²) in [6.45, 7) is 0. The lowest BCUT2D eigenvalue weighted by molar-refractivity contribution is 0.629. The van der Waals surface area contributed by atoms with Gasteiger partial charge < -0.3 is 9.88 Å². The van der Waals surface area contributed by atoms with Crippen molar-refractivity contribution in [2.24, 2.45) is 7.05 Å². The van der Waals surface area contributed by atoms with Crippen molar-refractivity contribution in [2.75, 3.05) is 12.4 Å². The van der Waals surface area contributed by atoms with Gasteiger partial charge in [-0.1, -0.05) is 0 Å². The first-order valence-corrected chi connectivity index (χ1v) is 4.02. The quantitative estimate of drug-likeness (QED) is 0.845. The summed E-state index contributed by atoms with van der Waals surface area (Å²) < 4.78 is 14.7. The van der Waals surface area contributed by atoms with Gasteiger partial charge in [0.1, 0.15) is 5.82 Å². The van der Waals surface area contributed by atoms with E-state index in [0.717, 1.165) is 11.5 Å². The second-order valence-electron chi connectivity index (χ2n) is 2.88. The number of nitrogens with zero attached hydrogens (tertiary/aromatic N) is 2. The van der Waals surface area contributed by atoms with E-state index < -0.39 is 0 Å². The van der Waals surface area contributed by atoms with Gasteiger partial charge in [-0.2, -0.15) is 0 Å². The van der Waals surface area contributed by atoms with Gasteiger partial charge in [-0.15, -0.1) is 24.8 Å². The molecule has 0 saturated carbocycles. The molecule has 0 bridgehead atoms. The van der Waals surface area contributed by atoms with Crippen molar-refractivity contribution < 1.29 is 4.39 Å². The summed E-state index contributed by atoms with van der Waals surface area (Å²) in [6.07, 6.45) is 0. The molecule has 0 saturated heterocycles. The zero-order valence-electron chi connectivity index (χ0n) is 8.32. The molecule has 1 aromatic carbocycles. The fourth-order valence-corrected chi connectivity index (χ4v) is 1.40. The molecule has 1 heterocycles. The second-order valence-corrected chi connectivity index (χ2v) is 2.88. The molecule has 0 unspecified atom stereocenters. The van der Waals surface area contributed by atoms with Gasteiger partial charge in [0, 0.05) is 20.2 Å². The Morgan fingerprint density at radius 3 is 2.60 bits per heavy atom. The minimum absolute atomic E-state index is 0. The highest BCUT2D eigenvalue weighted by Gasteiger charge is 2.05. The van der Waals surface area contributed by atoms with E-state index in [1.54, 1.807) is 13.1 Å². The van der Waals surface area contributed by atoms with Crippen molar-refractivity contribution in [1.82, 2.24) is 9.55 Å². The summed E-state index contributed by atoms with van der Waals surface area (Å²) in [4.78, 5) is 4.20. The molecule has 1 aromatic heterocycles. The van der Waals surface area contributed by atoms with Crippen molar-refractivity contribution in [1.29, 1.82) is 0 Å². The van der Waals surface area contributed by atoms with Crippen LogP contribution < -0.4 is 5.32 Å². The van der Waals surface area contributed by atoms with Crippen LogP contribution in [0, 0.1) is 5.82 Å². The average Bonchev–Trinajstić information content (AvgIpc) is 2.42. The molecule has 0 aliphatic heterocycles. The van der Waals surface area contributed by atoms with Gasteiger partial charge in [0.05, 0.1) is 11.0 Å². The van der Waals surface area contributed by atoms with Crippen LogP contribution in [0.1, 0.15) is 0 Å². The predicted molar refractivity (Wildman–Crippen MR) is 64.7 cm³/mol. The van der Waals surface area contributed by atoms with E-state index >= 15 is 0 Å². The molecule has 0 radical (unpaired) electrons. The number of anilines is 1. The van der Waals surface area contributed by atoms with Crippen molar-refractivity contribution in [3.8, 4) is 0 Å². The summed E-state index contributed by atoms with van der Waals surface area (Å²) in [5.41, 5.74) is 1.60. The first-order chi connectivity index (χ1) is 6.22. The number of fused-ring (bicyclic) bond motifs is 1. The zero-order valence-corrected chi connectivity index (χ0v) is 9.95. The van der Waals surface area contributed by atoms with Crippen molar-refractivity contribution in [3.05, 3.63) is 24.0 Å². The highest BCUT2D eigenvalue weighted by Crippen LogP contribution is 2.18. The van der Waals surface area contributed by atoms with E-state index in [2.05, 4.69) is 10.3 Å². The summed E-state index contributed by atoms with van der Waals surface area (Å²) in [7, 11) is 3.68. The topological polar surface area (TPSA) is 29.9 Å². The van der Waals surface area contributed by atoms with Gasteiger partial charge >= 0.3 is 0 Å². The molecule has 0 amide bonds. The molecule has 0 fully saturated rings. The minimum atomic E-state index is -0.256. The minimum Gasteiger partial charge on any atom is -0.359 e. The number of nitrogens with one attached hydrogen (secondary N) is 1. The molecular formula is C9H12Cl2FN3. The number of imidazole rings is 1. The van der Waals surface area contributed by atoms with E-state index in [1.807, 2.05) is 11.6 Å². The van der Waals surface area contributed by atoms with Crippen LogP contribution in [-0.4, -0.2) is 16.6 Å². The summed E-state index contributed by atoms with van der Waals surface area (Å²) in [6, 6.07) is 4.58. The molecule has 1 N–H and O–H groups in total. The molecule has 2 aromatic rings. The van der Waals surface area contributed by atoms with Crippen LogP contribution in [0.15, 0.2) is 18.2 Å². The van der Waals surface area contributed by atoms with Crippen LogP contribution in [0.25, 0.3) is 11.0 Å². The largest absolute Gasteiger partial charge is 0.359 e. The molecule has 6 heteroatoms. The van der Waals surface area contributed by atoms with Gasteiger partial charge in [-0.25, -0.2) is 9.37 Å². The Balaban J connectivity index is 0.000000980. The Hall–Kier alpha value is -1.000. The summed E-state index contributed by atoms with van der Waals surface area (Å²) in [5, 5.41) is 2.93. The first kappa shape index (κ1) is 14.0. The zero-order chi connectivity index (χ0) is 9.42. The van der Waals surface area contributed by atoms with Gasteiger partial charge in [-0.05, 0) is 12.1 Å². The van der Waals surface area contributed by atoms with Gasteiger partial charge in [-0.3, -0.25) is 0 Å². The Morgan fingerprint density at radius 2 is 2.00 bits per heavy atom. The second kappa shape index (κ2) is 5.19. The van der Waals surface area contributed by atoms with Crippen LogP contribution in [0.5, 0.6) is 0 Å². The van der Waals surface area contributed by atoms with E-state index in [0.29, 0.717) is 5.52 Å². The lowest BCUT2D eigenvalue weighted by atomic mass is 10.3. The van der Waals surface area contributed by atoms with Gasteiger partial charge in [0.25, 0.3) is 0 Å². The molecule has 15 heavy (non-hydrogen) atoms. The number of benzene rings is 1. The van der Waals surface area contributed by atoms with Crippen LogP contribution in [0.3, 0.4) is 0 Å². The molecule has 0 aliphatic rings. The van der Waals surface area contributed by atoms with Crippen LogP contribution in [0.2, 0.25) is 0 Å². The third-order valence-corrected chi connectivity index (χ3v) is 2.07. The molecule has 0 aliphatic carbocycles. The fraction of sp³-hybridized carbons (Fsp3) is 0.222. The summed E-state index contributed by atoms with van der Waals surface area (Å²) in [5.74, 6) is 0.480. The maximum absolute atomic E-state index is 12.8. The molecule has 84 valence electrons. The highest BCUT2D eigenvalue weighted by molar-refractivity contribution is 5.85. The first-order valence-electron chi connectivity index (χ1n) is 4.02. The van der Waals surface area contributed by atoms with Crippen molar-refractivity contribution in [3.63, 3.8) is 0 Å². The smallest absolute Gasteiger partial charge is 0.203 e. The number of hydrogen-bond donors (Lipinski definition) is 1. The number of rotatable bonds is 1. The molecule has 3 nitrogen and oxygen atoms in total. The van der Waals surface area contributed by atoms with Crippen molar-refractivity contribution in [2.45, 2.75) is 0 Å². The Bertz CT molecular complexity index is 456. The average molecular weight is 252 g/mol. The lowest BCUT2D eigenvalue weighted by Crippen LogP contribution is -1.97. The SMILES string of the molecule is CNc1nc2cc(F)ccc2n1C.Cl.Cl. The van der Waals surface area contributed by atoms with Gasteiger partial charge in [0.2, 0.25) is 5.95 Å². The molecule has 0 atom stereocenters.